The highest BCUT2D eigenvalue weighted by Gasteiger charge is 2.55. The Labute approximate surface area is 120 Å². The topological polar surface area (TPSA) is 21.6 Å². The second-order valence-electron chi connectivity index (χ2n) is 7.58. The first-order chi connectivity index (χ1) is 9.81. The van der Waals surface area contributed by atoms with Crippen LogP contribution in [0.1, 0.15) is 38.5 Å². The molecule has 4 fully saturated rings. The fraction of sp³-hybridized carbons (Fsp3) is 0.667. The second kappa shape index (κ2) is 3.89. The molecular weight excluding hydrogens is 246 g/mol. The van der Waals surface area contributed by atoms with Crippen molar-refractivity contribution in [3.05, 3.63) is 29.5 Å². The SMILES string of the molecule is C1=CC=CC=1[C@@H]1COC(C23CC4CC(CC(C4)C2)C3)=N1. The van der Waals surface area contributed by atoms with Crippen molar-refractivity contribution in [3.63, 3.8) is 0 Å². The second-order valence-corrected chi connectivity index (χ2v) is 7.58. The molecule has 2 heteroatoms. The van der Waals surface area contributed by atoms with Gasteiger partial charge in [-0.1, -0.05) is 6.08 Å². The number of ether oxygens (including phenoxy) is 1. The lowest BCUT2D eigenvalue weighted by Crippen LogP contribution is -2.50. The molecule has 0 unspecified atom stereocenters. The van der Waals surface area contributed by atoms with Gasteiger partial charge >= 0.3 is 0 Å². The van der Waals surface area contributed by atoms with Gasteiger partial charge in [0.2, 0.25) is 0 Å². The molecule has 1 aliphatic heterocycles. The summed E-state index contributed by atoms with van der Waals surface area (Å²) in [6.07, 6.45) is 14.6. The number of hydrogen-bond donors (Lipinski definition) is 0. The number of nitrogens with zero attached hydrogens (tertiary/aromatic N) is 1. The summed E-state index contributed by atoms with van der Waals surface area (Å²) in [4.78, 5) is 4.98. The van der Waals surface area contributed by atoms with Gasteiger partial charge in [0.1, 0.15) is 12.6 Å². The van der Waals surface area contributed by atoms with E-state index in [1.807, 2.05) is 12.2 Å². The Balaban J connectivity index is 1.47. The van der Waals surface area contributed by atoms with Gasteiger partial charge in [0, 0.05) is 11.0 Å². The molecular formula is C18H21NO. The van der Waals surface area contributed by atoms with Gasteiger partial charge in [0.15, 0.2) is 5.90 Å². The van der Waals surface area contributed by atoms with Crippen molar-refractivity contribution in [1.29, 1.82) is 0 Å². The smallest absolute Gasteiger partial charge is 0.190 e. The van der Waals surface area contributed by atoms with Crippen LogP contribution in [0.3, 0.4) is 0 Å². The molecule has 1 heterocycles. The van der Waals surface area contributed by atoms with Gasteiger partial charge < -0.3 is 4.74 Å². The molecule has 0 saturated heterocycles. The average molecular weight is 267 g/mol. The molecule has 1 atom stereocenters. The molecule has 0 radical (unpaired) electrons. The van der Waals surface area contributed by atoms with E-state index in [0.29, 0.717) is 5.41 Å². The summed E-state index contributed by atoms with van der Waals surface area (Å²) in [5.74, 6) is 3.97. The molecule has 6 aliphatic rings. The number of aliphatic imine (C=N–C) groups is 1. The van der Waals surface area contributed by atoms with Gasteiger partial charge in [-0.25, -0.2) is 4.99 Å². The number of hydrogen-bond acceptors (Lipinski definition) is 2. The Morgan fingerprint density at radius 1 is 1.10 bits per heavy atom. The van der Waals surface area contributed by atoms with E-state index >= 15 is 0 Å². The van der Waals surface area contributed by atoms with E-state index in [2.05, 4.69) is 11.8 Å². The zero-order valence-corrected chi connectivity index (χ0v) is 11.8. The van der Waals surface area contributed by atoms with Crippen molar-refractivity contribution in [2.45, 2.75) is 44.6 Å². The van der Waals surface area contributed by atoms with Crippen LogP contribution < -0.4 is 0 Å². The fourth-order valence-corrected chi connectivity index (χ4v) is 5.75. The monoisotopic (exact) mass is 267 g/mol. The van der Waals surface area contributed by atoms with Crippen molar-refractivity contribution >= 4 is 5.90 Å². The van der Waals surface area contributed by atoms with Crippen LogP contribution >= 0.6 is 0 Å². The Morgan fingerprint density at radius 3 is 2.40 bits per heavy atom. The highest BCUT2D eigenvalue weighted by Crippen LogP contribution is 2.61. The van der Waals surface area contributed by atoms with Crippen molar-refractivity contribution < 1.29 is 4.74 Å². The van der Waals surface area contributed by atoms with E-state index in [0.717, 1.165) is 30.3 Å². The third-order valence-corrected chi connectivity index (χ3v) is 6.12. The lowest BCUT2D eigenvalue weighted by molar-refractivity contribution is -0.0226. The number of rotatable bonds is 2. The Hall–Kier alpha value is -1.27. The predicted octanol–water partition coefficient (Wildman–Crippen LogP) is 3.65. The number of allylic oxidation sites excluding steroid dienone is 1. The van der Waals surface area contributed by atoms with Crippen LogP contribution in [0.4, 0.5) is 0 Å². The molecule has 0 N–H and O–H groups in total. The van der Waals surface area contributed by atoms with Crippen LogP contribution in [-0.2, 0) is 4.74 Å². The molecule has 2 nitrogen and oxygen atoms in total. The zero-order valence-electron chi connectivity index (χ0n) is 11.8. The first-order valence-corrected chi connectivity index (χ1v) is 8.15. The van der Waals surface area contributed by atoms with E-state index in [9.17, 15) is 0 Å². The van der Waals surface area contributed by atoms with Crippen molar-refractivity contribution in [3.8, 4) is 0 Å². The van der Waals surface area contributed by atoms with E-state index < -0.39 is 0 Å². The highest BCUT2D eigenvalue weighted by molar-refractivity contribution is 5.85. The Morgan fingerprint density at radius 2 is 1.80 bits per heavy atom. The lowest BCUT2D eigenvalue weighted by Gasteiger charge is -2.56. The summed E-state index contributed by atoms with van der Waals surface area (Å²) < 4.78 is 6.10. The van der Waals surface area contributed by atoms with Crippen LogP contribution in [0.25, 0.3) is 0 Å². The molecule has 5 aliphatic carbocycles. The Bertz CT molecular complexity index is 541. The summed E-state index contributed by atoms with van der Waals surface area (Å²) in [6, 6.07) is 0.202. The van der Waals surface area contributed by atoms with Crippen LogP contribution in [0.2, 0.25) is 0 Å². The third-order valence-electron chi connectivity index (χ3n) is 6.12. The zero-order chi connectivity index (χ0) is 13.2. The van der Waals surface area contributed by atoms with Crippen LogP contribution in [0.5, 0.6) is 0 Å². The van der Waals surface area contributed by atoms with Crippen LogP contribution in [-0.4, -0.2) is 18.5 Å². The van der Waals surface area contributed by atoms with Gasteiger partial charge in [-0.15, -0.1) is 5.73 Å². The minimum atomic E-state index is 0.202. The van der Waals surface area contributed by atoms with Gasteiger partial charge in [-0.05, 0) is 68.4 Å². The Kier molecular flexibility index (Phi) is 2.21. The summed E-state index contributed by atoms with van der Waals surface area (Å²) in [7, 11) is 0. The summed E-state index contributed by atoms with van der Waals surface area (Å²) in [6.45, 7) is 0.734. The summed E-state index contributed by atoms with van der Waals surface area (Å²) in [5, 5.41) is 0. The predicted molar refractivity (Wildman–Crippen MR) is 78.5 cm³/mol. The molecule has 0 aromatic carbocycles. The molecule has 0 aromatic heterocycles. The van der Waals surface area contributed by atoms with E-state index in [1.165, 1.54) is 44.1 Å². The molecule has 4 saturated carbocycles. The van der Waals surface area contributed by atoms with Crippen LogP contribution in [0, 0.1) is 23.2 Å². The minimum Gasteiger partial charge on any atom is -0.478 e. The minimum absolute atomic E-state index is 0.202. The maximum absolute atomic E-state index is 6.10. The molecule has 104 valence electrons. The quantitative estimate of drug-likeness (QED) is 0.700. The molecule has 0 spiro atoms. The highest BCUT2D eigenvalue weighted by atomic mass is 16.5. The van der Waals surface area contributed by atoms with Crippen molar-refractivity contribution in [2.24, 2.45) is 28.2 Å². The first kappa shape index (κ1) is 11.4. The summed E-state index contributed by atoms with van der Waals surface area (Å²) in [5.41, 5.74) is 4.80. The van der Waals surface area contributed by atoms with Crippen molar-refractivity contribution in [2.75, 3.05) is 6.61 Å². The maximum Gasteiger partial charge on any atom is 0.190 e. The van der Waals surface area contributed by atoms with Gasteiger partial charge in [-0.2, -0.15) is 0 Å². The summed E-state index contributed by atoms with van der Waals surface area (Å²) >= 11 is 0. The molecule has 6 rings (SSSR count). The van der Waals surface area contributed by atoms with Gasteiger partial charge in [0.05, 0.1) is 0 Å². The average Bonchev–Trinajstić information content (AvgIpc) is 3.09. The first-order valence-electron chi connectivity index (χ1n) is 8.15. The maximum atomic E-state index is 6.10. The van der Waals surface area contributed by atoms with Crippen LogP contribution in [0.15, 0.2) is 34.5 Å². The third kappa shape index (κ3) is 1.55. The largest absolute Gasteiger partial charge is 0.478 e. The molecule has 20 heavy (non-hydrogen) atoms. The standard InChI is InChI=1S/C18H21NO/c1-2-4-15(3-1)16-11-20-17(19-16)18-8-12-5-13(9-18)7-14(6-12)10-18/h1-3,12-14,16H,5-11H2/t12?,13?,14?,16-,18?/m0/s1. The van der Waals surface area contributed by atoms with E-state index in [-0.39, 0.29) is 6.04 Å². The normalized spacial score (nSPS) is 47.6. The van der Waals surface area contributed by atoms with Crippen molar-refractivity contribution in [1.82, 2.24) is 0 Å². The van der Waals surface area contributed by atoms with E-state index in [4.69, 9.17) is 9.73 Å². The van der Waals surface area contributed by atoms with E-state index in [1.54, 1.807) is 0 Å². The lowest BCUT2D eigenvalue weighted by atomic mass is 9.49. The molecule has 0 aromatic rings. The fourth-order valence-electron chi connectivity index (χ4n) is 5.75. The molecule has 0 amide bonds. The molecule has 4 bridgehead atoms. The van der Waals surface area contributed by atoms with Gasteiger partial charge in [0.25, 0.3) is 0 Å². The van der Waals surface area contributed by atoms with Gasteiger partial charge in [-0.3, -0.25) is 0 Å².